The molecule has 124 valence electrons. The minimum absolute atomic E-state index is 0.510. The Balaban J connectivity index is 1.47. The van der Waals surface area contributed by atoms with Crippen LogP contribution in [0.2, 0.25) is 0 Å². The lowest BCUT2D eigenvalue weighted by Crippen LogP contribution is -2.10. The van der Waals surface area contributed by atoms with Gasteiger partial charge >= 0.3 is 0 Å². The SMILES string of the molecule is c1ccc(-n2nc(C3CC3)nc2CCn2nnc3ccccc32)nc1. The van der Waals surface area contributed by atoms with Crippen molar-refractivity contribution in [1.82, 2.24) is 34.7 Å². The number of fused-ring (bicyclic) bond motifs is 1. The molecule has 0 N–H and O–H groups in total. The Hall–Kier alpha value is -3.09. The second kappa shape index (κ2) is 5.77. The summed E-state index contributed by atoms with van der Waals surface area (Å²) in [5, 5.41) is 13.2. The minimum Gasteiger partial charge on any atom is -0.244 e. The van der Waals surface area contributed by atoms with E-state index in [0.717, 1.165) is 34.9 Å². The highest BCUT2D eigenvalue weighted by Crippen LogP contribution is 2.38. The third kappa shape index (κ3) is 2.67. The van der Waals surface area contributed by atoms with Crippen molar-refractivity contribution in [2.75, 3.05) is 0 Å². The fourth-order valence-electron chi connectivity index (χ4n) is 2.99. The van der Waals surface area contributed by atoms with Crippen LogP contribution in [-0.2, 0) is 13.0 Å². The number of hydrogen-bond donors (Lipinski definition) is 0. The number of para-hydroxylation sites is 1. The van der Waals surface area contributed by atoms with Gasteiger partial charge in [0.1, 0.15) is 11.3 Å². The zero-order valence-electron chi connectivity index (χ0n) is 13.7. The normalized spacial score (nSPS) is 14.2. The molecule has 3 heterocycles. The summed E-state index contributed by atoms with van der Waals surface area (Å²) in [7, 11) is 0. The molecule has 0 aliphatic heterocycles. The van der Waals surface area contributed by atoms with Crippen LogP contribution in [-0.4, -0.2) is 34.7 Å². The summed E-state index contributed by atoms with van der Waals surface area (Å²) in [5.41, 5.74) is 1.95. The molecule has 0 radical (unpaired) electrons. The molecule has 5 rings (SSSR count). The number of pyridine rings is 1. The van der Waals surface area contributed by atoms with Crippen LogP contribution in [0.4, 0.5) is 0 Å². The molecule has 7 nitrogen and oxygen atoms in total. The molecule has 1 fully saturated rings. The zero-order valence-corrected chi connectivity index (χ0v) is 13.7. The molecule has 0 bridgehead atoms. The first-order chi connectivity index (χ1) is 12.4. The van der Waals surface area contributed by atoms with Gasteiger partial charge < -0.3 is 0 Å². The lowest BCUT2D eigenvalue weighted by Gasteiger charge is -2.05. The first kappa shape index (κ1) is 14.3. The molecule has 1 saturated carbocycles. The summed E-state index contributed by atoms with van der Waals surface area (Å²) >= 11 is 0. The molecule has 1 aromatic carbocycles. The number of rotatable bonds is 5. The Kier molecular flexibility index (Phi) is 3.29. The second-order valence-electron chi connectivity index (χ2n) is 6.31. The Morgan fingerprint density at radius 2 is 1.92 bits per heavy atom. The first-order valence-electron chi connectivity index (χ1n) is 8.54. The lowest BCUT2D eigenvalue weighted by molar-refractivity contribution is 0.584. The van der Waals surface area contributed by atoms with Crippen LogP contribution < -0.4 is 0 Å². The Labute approximate surface area is 144 Å². The van der Waals surface area contributed by atoms with Crippen molar-refractivity contribution in [3.63, 3.8) is 0 Å². The van der Waals surface area contributed by atoms with Gasteiger partial charge in [-0.1, -0.05) is 23.4 Å². The monoisotopic (exact) mass is 331 g/mol. The van der Waals surface area contributed by atoms with Gasteiger partial charge in [0.2, 0.25) is 0 Å². The summed E-state index contributed by atoms with van der Waals surface area (Å²) in [5.74, 6) is 3.17. The van der Waals surface area contributed by atoms with Crippen LogP contribution in [0, 0.1) is 0 Å². The molecule has 1 aliphatic rings. The predicted molar refractivity (Wildman–Crippen MR) is 92.4 cm³/mol. The molecular formula is C18H17N7. The van der Waals surface area contributed by atoms with Gasteiger partial charge in [-0.3, -0.25) is 0 Å². The van der Waals surface area contributed by atoms with E-state index in [4.69, 9.17) is 10.1 Å². The largest absolute Gasteiger partial charge is 0.244 e. The molecule has 3 aromatic heterocycles. The van der Waals surface area contributed by atoms with E-state index in [1.54, 1.807) is 6.20 Å². The van der Waals surface area contributed by atoms with Crippen LogP contribution in [0.1, 0.15) is 30.4 Å². The van der Waals surface area contributed by atoms with Gasteiger partial charge in [-0.25, -0.2) is 14.6 Å². The average molecular weight is 331 g/mol. The number of benzene rings is 1. The van der Waals surface area contributed by atoms with E-state index in [-0.39, 0.29) is 0 Å². The Morgan fingerprint density at radius 1 is 1.04 bits per heavy atom. The molecule has 25 heavy (non-hydrogen) atoms. The predicted octanol–water partition coefficient (Wildman–Crippen LogP) is 2.53. The average Bonchev–Trinajstić information content (AvgIpc) is 3.30. The van der Waals surface area contributed by atoms with E-state index in [1.807, 2.05) is 51.8 Å². The Morgan fingerprint density at radius 3 is 2.76 bits per heavy atom. The summed E-state index contributed by atoms with van der Waals surface area (Å²) in [6, 6.07) is 13.8. The minimum atomic E-state index is 0.510. The smallest absolute Gasteiger partial charge is 0.155 e. The molecule has 0 unspecified atom stereocenters. The molecule has 0 amide bonds. The first-order valence-corrected chi connectivity index (χ1v) is 8.54. The molecule has 7 heteroatoms. The summed E-state index contributed by atoms with van der Waals surface area (Å²) in [4.78, 5) is 9.20. The number of aryl methyl sites for hydroxylation is 2. The topological polar surface area (TPSA) is 74.3 Å². The van der Waals surface area contributed by atoms with Gasteiger partial charge in [-0.15, -0.1) is 10.2 Å². The highest BCUT2D eigenvalue weighted by Gasteiger charge is 2.29. The quantitative estimate of drug-likeness (QED) is 0.562. The molecule has 1 aliphatic carbocycles. The third-order valence-electron chi connectivity index (χ3n) is 4.47. The van der Waals surface area contributed by atoms with Crippen molar-refractivity contribution in [3.8, 4) is 5.82 Å². The number of hydrogen-bond acceptors (Lipinski definition) is 5. The van der Waals surface area contributed by atoms with E-state index < -0.39 is 0 Å². The van der Waals surface area contributed by atoms with Gasteiger partial charge in [0, 0.05) is 18.5 Å². The fraction of sp³-hybridized carbons (Fsp3) is 0.278. The van der Waals surface area contributed by atoms with Gasteiger partial charge in [0.05, 0.1) is 12.1 Å². The van der Waals surface area contributed by atoms with E-state index in [2.05, 4.69) is 15.3 Å². The van der Waals surface area contributed by atoms with Gasteiger partial charge in [0.25, 0.3) is 0 Å². The maximum Gasteiger partial charge on any atom is 0.155 e. The highest BCUT2D eigenvalue weighted by molar-refractivity contribution is 5.73. The van der Waals surface area contributed by atoms with E-state index in [9.17, 15) is 0 Å². The Bertz CT molecular complexity index is 1010. The summed E-state index contributed by atoms with van der Waals surface area (Å²) < 4.78 is 3.79. The number of aromatic nitrogens is 7. The maximum atomic E-state index is 4.78. The number of nitrogens with zero attached hydrogens (tertiary/aromatic N) is 7. The fourth-order valence-corrected chi connectivity index (χ4v) is 2.99. The van der Waals surface area contributed by atoms with E-state index in [0.29, 0.717) is 12.5 Å². The maximum absolute atomic E-state index is 4.78. The van der Waals surface area contributed by atoms with E-state index in [1.165, 1.54) is 12.8 Å². The molecule has 0 atom stereocenters. The van der Waals surface area contributed by atoms with Crippen LogP contribution in [0.15, 0.2) is 48.7 Å². The van der Waals surface area contributed by atoms with Crippen LogP contribution >= 0.6 is 0 Å². The summed E-state index contributed by atoms with van der Waals surface area (Å²) in [6.45, 7) is 0.705. The molecule has 4 aromatic rings. The lowest BCUT2D eigenvalue weighted by atomic mass is 10.3. The molecular weight excluding hydrogens is 314 g/mol. The van der Waals surface area contributed by atoms with Crippen LogP contribution in [0.25, 0.3) is 16.9 Å². The zero-order chi connectivity index (χ0) is 16.6. The van der Waals surface area contributed by atoms with Crippen LogP contribution in [0.3, 0.4) is 0 Å². The van der Waals surface area contributed by atoms with Crippen LogP contribution in [0.5, 0.6) is 0 Å². The van der Waals surface area contributed by atoms with E-state index >= 15 is 0 Å². The third-order valence-corrected chi connectivity index (χ3v) is 4.47. The highest BCUT2D eigenvalue weighted by atomic mass is 15.4. The van der Waals surface area contributed by atoms with Crippen molar-refractivity contribution in [3.05, 3.63) is 60.3 Å². The summed E-state index contributed by atoms with van der Waals surface area (Å²) in [6.07, 6.45) is 4.87. The van der Waals surface area contributed by atoms with Gasteiger partial charge in [-0.2, -0.15) is 4.68 Å². The molecule has 0 spiro atoms. The van der Waals surface area contributed by atoms with Gasteiger partial charge in [0.15, 0.2) is 11.6 Å². The van der Waals surface area contributed by atoms with Gasteiger partial charge in [-0.05, 0) is 37.1 Å². The van der Waals surface area contributed by atoms with Crippen molar-refractivity contribution in [2.45, 2.75) is 31.7 Å². The van der Waals surface area contributed by atoms with Crippen molar-refractivity contribution < 1.29 is 0 Å². The standard InChI is InChI=1S/C18H17N7/c1-2-6-15-14(5-1)21-23-24(15)12-10-17-20-18(13-8-9-13)22-25(17)16-7-3-4-11-19-16/h1-7,11,13H,8-10,12H2. The molecule has 0 saturated heterocycles. The second-order valence-corrected chi connectivity index (χ2v) is 6.31. The van der Waals surface area contributed by atoms with Crippen molar-refractivity contribution in [1.29, 1.82) is 0 Å². The van der Waals surface area contributed by atoms with Crippen molar-refractivity contribution >= 4 is 11.0 Å². The van der Waals surface area contributed by atoms with Crippen molar-refractivity contribution in [2.24, 2.45) is 0 Å².